The number of hydrogen-bond acceptors (Lipinski definition) is 7. The molecule has 5 amide bonds. The Balaban J connectivity index is 2.19. The molecule has 1 aromatic carbocycles. The lowest BCUT2D eigenvalue weighted by molar-refractivity contribution is -0.137. The van der Waals surface area contributed by atoms with Gasteiger partial charge in [0.25, 0.3) is 11.8 Å². The Kier molecular flexibility index (Phi) is 9.54. The lowest BCUT2D eigenvalue weighted by Crippen LogP contribution is -2.47. The van der Waals surface area contributed by atoms with Crippen molar-refractivity contribution in [2.24, 2.45) is 5.92 Å². The summed E-state index contributed by atoms with van der Waals surface area (Å²) in [6.07, 6.45) is -0.00266. The van der Waals surface area contributed by atoms with E-state index in [-0.39, 0.29) is 32.3 Å². The van der Waals surface area contributed by atoms with Gasteiger partial charge in [0.15, 0.2) is 0 Å². The third-order valence-electron chi connectivity index (χ3n) is 5.92. The smallest absolute Gasteiger partial charge is 0.327 e. The van der Waals surface area contributed by atoms with Crippen molar-refractivity contribution in [1.82, 2.24) is 20.6 Å². The van der Waals surface area contributed by atoms with E-state index >= 15 is 0 Å². The summed E-state index contributed by atoms with van der Waals surface area (Å²) in [7, 11) is 1.51. The van der Waals surface area contributed by atoms with Crippen molar-refractivity contribution in [3.8, 4) is 0 Å². The third kappa shape index (κ3) is 6.52. The summed E-state index contributed by atoms with van der Waals surface area (Å²) in [4.78, 5) is 52.9. The average Bonchev–Trinajstić information content (AvgIpc) is 2.95. The minimum absolute atomic E-state index is 0.00266. The Morgan fingerprint density at radius 3 is 2.32 bits per heavy atom. The molecule has 0 radical (unpaired) electrons. The molecule has 1 aliphatic heterocycles. The predicted molar refractivity (Wildman–Crippen MR) is 122 cm³/mol. The van der Waals surface area contributed by atoms with E-state index in [1.165, 1.54) is 11.9 Å². The summed E-state index contributed by atoms with van der Waals surface area (Å²) < 4.78 is 10.7. The maximum absolute atomic E-state index is 12.8. The molecule has 1 saturated heterocycles. The van der Waals surface area contributed by atoms with Gasteiger partial charge in [-0.3, -0.25) is 24.5 Å². The molecule has 0 saturated carbocycles. The van der Waals surface area contributed by atoms with E-state index in [1.807, 2.05) is 13.8 Å². The molecule has 1 heterocycles. The first kappa shape index (κ1) is 27.2. The van der Waals surface area contributed by atoms with Gasteiger partial charge in [0.2, 0.25) is 5.91 Å². The standard InChI is InChI=1S/C23H34N4O7/c1-6-33-14-34-13-18(24-19(28)16-9-7-15(2)8-10-16)11-17(20(29)25-32)12-27-21(30)23(3,4)26(5)22(27)31/h7-10,17-18,32H,6,11-14H2,1-5H3,(H,24,28)(H,25,29). The zero-order valence-corrected chi connectivity index (χ0v) is 20.3. The number of benzene rings is 1. The Labute approximate surface area is 199 Å². The Bertz CT molecular complexity index is 888. The van der Waals surface area contributed by atoms with Crippen LogP contribution in [0.15, 0.2) is 24.3 Å². The lowest BCUT2D eigenvalue weighted by atomic mass is 9.97. The fourth-order valence-electron chi connectivity index (χ4n) is 3.54. The molecule has 1 aliphatic rings. The quantitative estimate of drug-likeness (QED) is 0.135. The van der Waals surface area contributed by atoms with Gasteiger partial charge >= 0.3 is 6.03 Å². The van der Waals surface area contributed by atoms with Crippen molar-refractivity contribution in [3.05, 3.63) is 35.4 Å². The largest absolute Gasteiger partial charge is 0.356 e. The van der Waals surface area contributed by atoms with Crippen LogP contribution in [-0.2, 0) is 19.1 Å². The van der Waals surface area contributed by atoms with Crippen LogP contribution in [0.1, 0.15) is 43.1 Å². The van der Waals surface area contributed by atoms with Crippen LogP contribution in [0.4, 0.5) is 4.79 Å². The molecular formula is C23H34N4O7. The molecule has 11 heteroatoms. The predicted octanol–water partition coefficient (Wildman–Crippen LogP) is 1.29. The number of carbonyl (C=O) groups excluding carboxylic acids is 4. The number of urea groups is 1. The van der Waals surface area contributed by atoms with Crippen LogP contribution in [0.2, 0.25) is 0 Å². The van der Waals surface area contributed by atoms with Crippen LogP contribution in [0.5, 0.6) is 0 Å². The van der Waals surface area contributed by atoms with Gasteiger partial charge in [-0.05, 0) is 46.2 Å². The maximum atomic E-state index is 12.8. The highest BCUT2D eigenvalue weighted by molar-refractivity contribution is 6.06. The zero-order valence-electron chi connectivity index (χ0n) is 20.3. The van der Waals surface area contributed by atoms with E-state index in [4.69, 9.17) is 9.47 Å². The van der Waals surface area contributed by atoms with Crippen molar-refractivity contribution in [1.29, 1.82) is 0 Å². The van der Waals surface area contributed by atoms with Gasteiger partial charge < -0.3 is 19.7 Å². The minimum atomic E-state index is -1.06. The van der Waals surface area contributed by atoms with E-state index in [9.17, 15) is 24.4 Å². The summed E-state index contributed by atoms with van der Waals surface area (Å²) in [5, 5.41) is 12.1. The second-order valence-corrected chi connectivity index (χ2v) is 8.74. The van der Waals surface area contributed by atoms with Gasteiger partial charge in [0.1, 0.15) is 12.3 Å². The van der Waals surface area contributed by atoms with E-state index in [1.54, 1.807) is 43.6 Å². The number of ether oxygens (including phenoxy) is 2. The van der Waals surface area contributed by atoms with Crippen molar-refractivity contribution in [2.45, 2.75) is 45.7 Å². The molecule has 2 unspecified atom stereocenters. The number of nitrogens with zero attached hydrogens (tertiary/aromatic N) is 2. The number of amides is 5. The van der Waals surface area contributed by atoms with Gasteiger partial charge in [0, 0.05) is 25.8 Å². The Hall–Kier alpha value is -3.02. The summed E-state index contributed by atoms with van der Waals surface area (Å²) in [6.45, 7) is 7.13. The summed E-state index contributed by atoms with van der Waals surface area (Å²) >= 11 is 0. The molecule has 1 fully saturated rings. The van der Waals surface area contributed by atoms with E-state index in [0.29, 0.717) is 12.2 Å². The van der Waals surface area contributed by atoms with Crippen LogP contribution >= 0.6 is 0 Å². The SMILES string of the molecule is CCOCOCC(CC(CN1C(=O)N(C)C(C)(C)C1=O)C(=O)NO)NC(=O)c1ccc(C)cc1. The second kappa shape index (κ2) is 11.9. The fraction of sp³-hybridized carbons (Fsp3) is 0.565. The molecule has 2 atom stereocenters. The number of hydroxylamine groups is 1. The number of nitrogens with one attached hydrogen (secondary N) is 2. The van der Waals surface area contributed by atoms with Crippen LogP contribution < -0.4 is 10.8 Å². The van der Waals surface area contributed by atoms with Crippen molar-refractivity contribution in [3.63, 3.8) is 0 Å². The van der Waals surface area contributed by atoms with E-state index in [0.717, 1.165) is 10.5 Å². The summed E-state index contributed by atoms with van der Waals surface area (Å²) in [5.74, 6) is -2.61. The van der Waals surface area contributed by atoms with Gasteiger partial charge in [-0.2, -0.15) is 0 Å². The van der Waals surface area contributed by atoms with Gasteiger partial charge in [-0.1, -0.05) is 17.7 Å². The molecule has 188 valence electrons. The topological polar surface area (TPSA) is 138 Å². The third-order valence-corrected chi connectivity index (χ3v) is 5.92. The number of carbonyl (C=O) groups is 4. The number of likely N-dealkylation sites (N-methyl/N-ethyl adjacent to an activating group) is 1. The second-order valence-electron chi connectivity index (χ2n) is 8.74. The first-order valence-electron chi connectivity index (χ1n) is 11.1. The minimum Gasteiger partial charge on any atom is -0.356 e. The van der Waals surface area contributed by atoms with Gasteiger partial charge in [-0.25, -0.2) is 10.3 Å². The summed E-state index contributed by atoms with van der Waals surface area (Å²) in [5.41, 5.74) is 1.96. The molecule has 0 aromatic heterocycles. The van der Waals surface area contributed by atoms with Crippen LogP contribution in [0, 0.1) is 12.8 Å². The molecule has 0 bridgehead atoms. The number of imide groups is 1. The van der Waals surface area contributed by atoms with Crippen molar-refractivity contribution in [2.75, 3.05) is 33.6 Å². The number of rotatable bonds is 12. The van der Waals surface area contributed by atoms with Crippen LogP contribution in [0.25, 0.3) is 0 Å². The Morgan fingerprint density at radius 2 is 1.79 bits per heavy atom. The molecule has 2 rings (SSSR count). The summed E-state index contributed by atoms with van der Waals surface area (Å²) in [6, 6.07) is 5.76. The first-order chi connectivity index (χ1) is 16.0. The monoisotopic (exact) mass is 478 g/mol. The number of hydrogen-bond donors (Lipinski definition) is 3. The lowest BCUT2D eigenvalue weighted by Gasteiger charge is -2.26. The molecule has 0 aliphatic carbocycles. The molecule has 3 N–H and O–H groups in total. The first-order valence-corrected chi connectivity index (χ1v) is 11.1. The highest BCUT2D eigenvalue weighted by Crippen LogP contribution is 2.27. The van der Waals surface area contributed by atoms with E-state index in [2.05, 4.69) is 5.32 Å². The highest BCUT2D eigenvalue weighted by atomic mass is 16.7. The zero-order chi connectivity index (χ0) is 25.5. The van der Waals surface area contributed by atoms with E-state index < -0.39 is 35.3 Å². The normalized spacial score (nSPS) is 17.0. The van der Waals surface area contributed by atoms with Crippen LogP contribution in [-0.4, -0.2) is 83.9 Å². The van der Waals surface area contributed by atoms with Crippen LogP contribution in [0.3, 0.4) is 0 Å². The molecular weight excluding hydrogens is 444 g/mol. The van der Waals surface area contributed by atoms with Crippen molar-refractivity contribution < 1.29 is 33.9 Å². The maximum Gasteiger partial charge on any atom is 0.327 e. The van der Waals surface area contributed by atoms with Crippen molar-refractivity contribution >= 4 is 23.8 Å². The fourth-order valence-corrected chi connectivity index (χ4v) is 3.54. The Morgan fingerprint density at radius 1 is 1.15 bits per heavy atom. The highest BCUT2D eigenvalue weighted by Gasteiger charge is 2.50. The average molecular weight is 479 g/mol. The molecule has 34 heavy (non-hydrogen) atoms. The van der Waals surface area contributed by atoms with Gasteiger partial charge in [-0.15, -0.1) is 0 Å². The molecule has 0 spiro atoms. The molecule has 1 aromatic rings. The number of aryl methyl sites for hydroxylation is 1. The molecule has 11 nitrogen and oxygen atoms in total. The van der Waals surface area contributed by atoms with Gasteiger partial charge in [0.05, 0.1) is 18.6 Å².